The number of halogens is 1. The van der Waals surface area contributed by atoms with E-state index in [1.807, 2.05) is 0 Å². The van der Waals surface area contributed by atoms with Gasteiger partial charge in [0.25, 0.3) is 11.7 Å². The first kappa shape index (κ1) is 22.3. The van der Waals surface area contributed by atoms with Crippen molar-refractivity contribution < 1.29 is 33.3 Å². The monoisotopic (exact) mass is 429 g/mol. The van der Waals surface area contributed by atoms with E-state index in [1.165, 1.54) is 43.4 Å². The summed E-state index contributed by atoms with van der Waals surface area (Å²) in [5, 5.41) is 10.9. The van der Waals surface area contributed by atoms with Gasteiger partial charge in [-0.15, -0.1) is 0 Å². The van der Waals surface area contributed by atoms with Crippen molar-refractivity contribution in [1.29, 1.82) is 0 Å². The second-order valence-corrected chi connectivity index (χ2v) is 6.96. The summed E-state index contributed by atoms with van der Waals surface area (Å²) in [6.45, 7) is 0.650. The van der Waals surface area contributed by atoms with Gasteiger partial charge in [0.1, 0.15) is 11.6 Å². The smallest absolute Gasteiger partial charge is 0.295 e. The number of aliphatic hydroxyl groups is 1. The Kier molecular flexibility index (Phi) is 6.91. The highest BCUT2D eigenvalue weighted by atomic mass is 19.1. The number of carbonyl (C=O) groups excluding carboxylic acids is 2. The van der Waals surface area contributed by atoms with E-state index in [2.05, 4.69) is 0 Å². The number of likely N-dealkylation sites (tertiary alicyclic amines) is 1. The molecule has 3 rings (SSSR count). The van der Waals surface area contributed by atoms with Crippen molar-refractivity contribution in [3.8, 4) is 11.5 Å². The predicted molar refractivity (Wildman–Crippen MR) is 111 cm³/mol. The molecular formula is C23H24FNO6. The van der Waals surface area contributed by atoms with E-state index < -0.39 is 23.5 Å². The van der Waals surface area contributed by atoms with Gasteiger partial charge in [-0.2, -0.15) is 0 Å². The maximum atomic E-state index is 13.3. The molecule has 1 N–H and O–H groups in total. The average Bonchev–Trinajstić information content (AvgIpc) is 3.03. The third kappa shape index (κ3) is 4.39. The number of carbonyl (C=O) groups is 2. The van der Waals surface area contributed by atoms with Gasteiger partial charge in [0.05, 0.1) is 25.8 Å². The fraction of sp³-hybridized carbons (Fsp3) is 0.304. The van der Waals surface area contributed by atoms with Crippen LogP contribution in [0.1, 0.15) is 23.6 Å². The van der Waals surface area contributed by atoms with Gasteiger partial charge >= 0.3 is 0 Å². The minimum absolute atomic E-state index is 0.0683. The van der Waals surface area contributed by atoms with E-state index in [-0.39, 0.29) is 23.4 Å². The number of ketones is 1. The number of hydrogen-bond donors (Lipinski definition) is 1. The number of rotatable bonds is 8. The maximum absolute atomic E-state index is 13.3. The van der Waals surface area contributed by atoms with Gasteiger partial charge in [-0.3, -0.25) is 9.59 Å². The number of aliphatic hydroxyl groups excluding tert-OH is 1. The molecule has 2 aromatic rings. The van der Waals surface area contributed by atoms with Crippen molar-refractivity contribution in [2.24, 2.45) is 0 Å². The van der Waals surface area contributed by atoms with E-state index in [0.29, 0.717) is 30.1 Å². The summed E-state index contributed by atoms with van der Waals surface area (Å²) in [7, 11) is 4.53. The molecule has 0 aromatic heterocycles. The standard InChI is InChI=1S/C23H24FNO6/c1-29-12-4-11-25-20(15-7-10-17(30-2)18(13-15)31-3)19(22(27)23(25)28)21(26)14-5-8-16(24)9-6-14/h5-10,13,20,26H,4,11-12H2,1-3H3/t20-/m0/s1. The minimum Gasteiger partial charge on any atom is -0.507 e. The number of ether oxygens (including phenoxy) is 3. The van der Waals surface area contributed by atoms with Crippen LogP contribution in [-0.2, 0) is 14.3 Å². The lowest BCUT2D eigenvalue weighted by Crippen LogP contribution is -2.31. The van der Waals surface area contributed by atoms with Crippen molar-refractivity contribution >= 4 is 17.4 Å². The number of Topliss-reactive ketones (excluding diaryl/α,β-unsaturated/α-hetero) is 1. The first-order chi connectivity index (χ1) is 14.9. The Labute approximate surface area is 179 Å². The molecular weight excluding hydrogens is 405 g/mol. The van der Waals surface area contributed by atoms with Crippen molar-refractivity contribution in [3.63, 3.8) is 0 Å². The first-order valence-electron chi connectivity index (χ1n) is 9.68. The van der Waals surface area contributed by atoms with Crippen LogP contribution < -0.4 is 9.47 Å². The van der Waals surface area contributed by atoms with E-state index >= 15 is 0 Å². The van der Waals surface area contributed by atoms with E-state index in [1.54, 1.807) is 25.3 Å². The molecule has 0 unspecified atom stereocenters. The summed E-state index contributed by atoms with van der Waals surface area (Å²) < 4.78 is 29.0. The molecule has 1 aliphatic rings. The van der Waals surface area contributed by atoms with Crippen LogP contribution in [0.2, 0.25) is 0 Å². The minimum atomic E-state index is -0.846. The lowest BCUT2D eigenvalue weighted by Gasteiger charge is -2.26. The van der Waals surface area contributed by atoms with Crippen LogP contribution in [0.5, 0.6) is 11.5 Å². The molecule has 0 saturated carbocycles. The zero-order valence-electron chi connectivity index (χ0n) is 17.6. The fourth-order valence-electron chi connectivity index (χ4n) is 3.62. The van der Waals surface area contributed by atoms with E-state index in [0.717, 1.165) is 0 Å². The Balaban J connectivity index is 2.15. The Bertz CT molecular complexity index is 1000. The van der Waals surface area contributed by atoms with Gasteiger partial charge in [-0.25, -0.2) is 4.39 Å². The van der Waals surface area contributed by atoms with Gasteiger partial charge in [0, 0.05) is 25.8 Å². The molecule has 0 aliphatic carbocycles. The number of amides is 1. The molecule has 1 fully saturated rings. The Morgan fingerprint density at radius 2 is 1.71 bits per heavy atom. The van der Waals surface area contributed by atoms with Gasteiger partial charge < -0.3 is 24.2 Å². The molecule has 1 aliphatic heterocycles. The van der Waals surface area contributed by atoms with Crippen LogP contribution in [0.4, 0.5) is 4.39 Å². The second-order valence-electron chi connectivity index (χ2n) is 6.96. The van der Waals surface area contributed by atoms with Crippen LogP contribution >= 0.6 is 0 Å². The van der Waals surface area contributed by atoms with Crippen LogP contribution in [0.15, 0.2) is 48.0 Å². The van der Waals surface area contributed by atoms with Crippen LogP contribution in [0, 0.1) is 5.82 Å². The molecule has 1 saturated heterocycles. The zero-order chi connectivity index (χ0) is 22.5. The first-order valence-corrected chi connectivity index (χ1v) is 9.68. The maximum Gasteiger partial charge on any atom is 0.295 e. The Hall–Kier alpha value is -3.39. The zero-order valence-corrected chi connectivity index (χ0v) is 17.6. The Morgan fingerprint density at radius 3 is 2.32 bits per heavy atom. The lowest BCUT2D eigenvalue weighted by molar-refractivity contribution is -0.140. The summed E-state index contributed by atoms with van der Waals surface area (Å²) in [6.07, 6.45) is 0.504. The summed E-state index contributed by atoms with van der Waals surface area (Å²) in [5.41, 5.74) is 0.737. The van der Waals surface area contributed by atoms with Gasteiger partial charge in [0.2, 0.25) is 0 Å². The molecule has 31 heavy (non-hydrogen) atoms. The summed E-state index contributed by atoms with van der Waals surface area (Å²) in [6, 6.07) is 9.26. The fourth-order valence-corrected chi connectivity index (χ4v) is 3.62. The van der Waals surface area contributed by atoms with Crippen molar-refractivity contribution in [2.75, 3.05) is 34.5 Å². The van der Waals surface area contributed by atoms with Gasteiger partial charge in [-0.1, -0.05) is 6.07 Å². The lowest BCUT2D eigenvalue weighted by atomic mass is 9.95. The predicted octanol–water partition coefficient (Wildman–Crippen LogP) is 3.30. The van der Waals surface area contributed by atoms with Crippen LogP contribution in [0.25, 0.3) is 5.76 Å². The van der Waals surface area contributed by atoms with Gasteiger partial charge in [0.15, 0.2) is 11.5 Å². The normalized spacial score (nSPS) is 17.8. The van der Waals surface area contributed by atoms with E-state index in [4.69, 9.17) is 14.2 Å². The second kappa shape index (κ2) is 9.61. The van der Waals surface area contributed by atoms with Crippen LogP contribution in [0.3, 0.4) is 0 Å². The number of benzene rings is 2. The van der Waals surface area contributed by atoms with Crippen molar-refractivity contribution in [2.45, 2.75) is 12.5 Å². The summed E-state index contributed by atoms with van der Waals surface area (Å²) >= 11 is 0. The Morgan fingerprint density at radius 1 is 1.03 bits per heavy atom. The molecule has 8 heteroatoms. The highest BCUT2D eigenvalue weighted by molar-refractivity contribution is 6.46. The average molecular weight is 429 g/mol. The van der Waals surface area contributed by atoms with Crippen molar-refractivity contribution in [3.05, 3.63) is 65.0 Å². The van der Waals surface area contributed by atoms with Crippen LogP contribution in [-0.4, -0.2) is 56.2 Å². The topological polar surface area (TPSA) is 85.3 Å². The van der Waals surface area contributed by atoms with Gasteiger partial charge in [-0.05, 0) is 48.4 Å². The molecule has 1 atom stereocenters. The highest BCUT2D eigenvalue weighted by Gasteiger charge is 2.46. The third-order valence-electron chi connectivity index (χ3n) is 5.13. The number of nitrogens with zero attached hydrogens (tertiary/aromatic N) is 1. The molecule has 0 bridgehead atoms. The molecule has 0 spiro atoms. The summed E-state index contributed by atoms with van der Waals surface area (Å²) in [5.74, 6) is -1.47. The van der Waals surface area contributed by atoms with E-state index in [9.17, 15) is 19.1 Å². The molecule has 1 heterocycles. The molecule has 164 valence electrons. The third-order valence-corrected chi connectivity index (χ3v) is 5.13. The SMILES string of the molecule is COCCCN1C(=O)C(=O)C(=C(O)c2ccc(F)cc2)[C@@H]1c1ccc(OC)c(OC)c1. The molecule has 2 aromatic carbocycles. The number of hydrogen-bond acceptors (Lipinski definition) is 6. The molecule has 1 amide bonds. The molecule has 0 radical (unpaired) electrons. The number of methoxy groups -OCH3 is 3. The van der Waals surface area contributed by atoms with Crippen molar-refractivity contribution in [1.82, 2.24) is 4.90 Å². The molecule has 7 nitrogen and oxygen atoms in total. The quantitative estimate of drug-likeness (QED) is 0.300. The highest BCUT2D eigenvalue weighted by Crippen LogP contribution is 2.42. The largest absolute Gasteiger partial charge is 0.507 e. The summed E-state index contributed by atoms with van der Waals surface area (Å²) in [4.78, 5) is 27.2.